The van der Waals surface area contributed by atoms with Gasteiger partial charge in [-0.2, -0.15) is 4.98 Å². The molecule has 18 heavy (non-hydrogen) atoms. The highest BCUT2D eigenvalue weighted by Crippen LogP contribution is 2.28. The number of rotatable bonds is 1. The Morgan fingerprint density at radius 3 is 2.78 bits per heavy atom. The van der Waals surface area contributed by atoms with Crippen LogP contribution in [0, 0.1) is 6.92 Å². The molecule has 0 atom stereocenters. The van der Waals surface area contributed by atoms with Gasteiger partial charge in [0.2, 0.25) is 5.95 Å². The molecule has 0 unspecified atom stereocenters. The third-order valence-electron chi connectivity index (χ3n) is 2.93. The third kappa shape index (κ3) is 2.36. The van der Waals surface area contributed by atoms with Crippen molar-refractivity contribution in [2.24, 2.45) is 0 Å². The first-order valence-corrected chi connectivity index (χ1v) is 6.55. The summed E-state index contributed by atoms with van der Waals surface area (Å²) in [6, 6.07) is 2.05. The fourth-order valence-electron chi connectivity index (χ4n) is 2.06. The van der Waals surface area contributed by atoms with Crippen LogP contribution in [0.1, 0.15) is 4.88 Å². The van der Waals surface area contributed by atoms with Crippen LogP contribution < -0.4 is 16.0 Å². The molecule has 0 bridgehead atoms. The highest BCUT2D eigenvalue weighted by molar-refractivity contribution is 7.18. The van der Waals surface area contributed by atoms with Gasteiger partial charge >= 0.3 is 0 Å². The van der Waals surface area contributed by atoms with Crippen molar-refractivity contribution >= 4 is 45.7 Å². The summed E-state index contributed by atoms with van der Waals surface area (Å²) >= 11 is 1.67. The van der Waals surface area contributed by atoms with Crippen LogP contribution in [0.2, 0.25) is 0 Å². The number of nitrogen functional groups attached to an aromatic ring is 1. The molecule has 98 valence electrons. The molecule has 0 aliphatic carbocycles. The first-order chi connectivity index (χ1) is 8.24. The maximum atomic E-state index is 5.99. The summed E-state index contributed by atoms with van der Waals surface area (Å²) in [5, 5.41) is 4.29. The van der Waals surface area contributed by atoms with Crippen LogP contribution in [0.25, 0.3) is 10.2 Å². The highest BCUT2D eigenvalue weighted by Gasteiger charge is 2.15. The predicted octanol–water partition coefficient (Wildman–Crippen LogP) is 1.41. The molecular formula is C11H16ClN5S. The normalized spacial score (nSPS) is 15.7. The molecule has 2 aromatic heterocycles. The Bertz CT molecular complexity index is 550. The average Bonchev–Trinajstić information content (AvgIpc) is 2.71. The second-order valence-corrected chi connectivity index (χ2v) is 5.46. The summed E-state index contributed by atoms with van der Waals surface area (Å²) < 4.78 is 0. The fraction of sp³-hybridized carbons (Fsp3) is 0.455. The number of hydrogen-bond acceptors (Lipinski definition) is 6. The maximum Gasteiger partial charge on any atom is 0.228 e. The standard InChI is InChI=1S/C11H15N5S.ClH/c1-7-6-8-9(12)14-11(15-10(8)17-7)16-4-2-13-3-5-16;/h6,13H,2-5H2,1H3,(H2,12,14,15);1H. The van der Waals surface area contributed by atoms with E-state index >= 15 is 0 Å². The first kappa shape index (κ1) is 13.3. The summed E-state index contributed by atoms with van der Waals surface area (Å²) in [5.41, 5.74) is 5.99. The van der Waals surface area contributed by atoms with Crippen LogP contribution >= 0.6 is 23.7 Å². The van der Waals surface area contributed by atoms with Crippen LogP contribution in [0.5, 0.6) is 0 Å². The second kappa shape index (κ2) is 5.26. The number of fused-ring (bicyclic) bond motifs is 1. The summed E-state index contributed by atoms with van der Waals surface area (Å²) in [4.78, 5) is 13.4. The Balaban J connectivity index is 0.00000120. The van der Waals surface area contributed by atoms with Gasteiger partial charge in [-0.15, -0.1) is 23.7 Å². The van der Waals surface area contributed by atoms with Crippen molar-refractivity contribution in [2.75, 3.05) is 36.8 Å². The van der Waals surface area contributed by atoms with Gasteiger partial charge in [0.05, 0.1) is 5.39 Å². The number of nitrogens with two attached hydrogens (primary N) is 1. The number of aromatic nitrogens is 2. The van der Waals surface area contributed by atoms with Gasteiger partial charge in [0, 0.05) is 31.1 Å². The molecule has 1 aliphatic rings. The lowest BCUT2D eigenvalue weighted by molar-refractivity contribution is 0.581. The molecule has 0 aromatic carbocycles. The highest BCUT2D eigenvalue weighted by atomic mass is 35.5. The topological polar surface area (TPSA) is 67.1 Å². The molecule has 1 fully saturated rings. The monoisotopic (exact) mass is 285 g/mol. The van der Waals surface area contributed by atoms with E-state index in [9.17, 15) is 0 Å². The van der Waals surface area contributed by atoms with Crippen molar-refractivity contribution in [3.8, 4) is 0 Å². The van der Waals surface area contributed by atoms with E-state index in [4.69, 9.17) is 5.73 Å². The summed E-state index contributed by atoms with van der Waals surface area (Å²) in [5.74, 6) is 1.35. The molecule has 7 heteroatoms. The Kier molecular flexibility index (Phi) is 3.89. The Morgan fingerprint density at radius 2 is 2.06 bits per heavy atom. The van der Waals surface area contributed by atoms with Crippen molar-refractivity contribution in [1.82, 2.24) is 15.3 Å². The molecule has 3 heterocycles. The van der Waals surface area contributed by atoms with Crippen molar-refractivity contribution in [2.45, 2.75) is 6.92 Å². The Labute approximate surface area is 116 Å². The SMILES string of the molecule is Cc1cc2c(N)nc(N3CCNCC3)nc2s1.Cl. The second-order valence-electron chi connectivity index (χ2n) is 4.22. The molecule has 0 radical (unpaired) electrons. The minimum atomic E-state index is 0. The molecule has 1 aliphatic heterocycles. The zero-order valence-corrected chi connectivity index (χ0v) is 11.8. The lowest BCUT2D eigenvalue weighted by atomic mass is 10.3. The van der Waals surface area contributed by atoms with Crippen molar-refractivity contribution in [3.05, 3.63) is 10.9 Å². The number of anilines is 2. The van der Waals surface area contributed by atoms with Gasteiger partial charge in [0.15, 0.2) is 0 Å². The van der Waals surface area contributed by atoms with Crippen molar-refractivity contribution < 1.29 is 0 Å². The Hall–Kier alpha value is -1.11. The largest absolute Gasteiger partial charge is 0.383 e. The van der Waals surface area contributed by atoms with Crippen LogP contribution in [0.4, 0.5) is 11.8 Å². The zero-order chi connectivity index (χ0) is 11.8. The lowest BCUT2D eigenvalue weighted by Gasteiger charge is -2.27. The van der Waals surface area contributed by atoms with E-state index in [-0.39, 0.29) is 12.4 Å². The molecule has 0 spiro atoms. The molecule has 0 saturated carbocycles. The van der Waals surface area contributed by atoms with Crippen LogP contribution in [-0.2, 0) is 0 Å². The van der Waals surface area contributed by atoms with E-state index in [1.807, 2.05) is 0 Å². The fourth-order valence-corrected chi connectivity index (χ4v) is 2.94. The van der Waals surface area contributed by atoms with Gasteiger partial charge in [0.1, 0.15) is 10.6 Å². The van der Waals surface area contributed by atoms with Gasteiger partial charge in [-0.25, -0.2) is 4.98 Å². The van der Waals surface area contributed by atoms with E-state index in [0.717, 1.165) is 42.3 Å². The summed E-state index contributed by atoms with van der Waals surface area (Å²) in [6.45, 7) is 5.90. The summed E-state index contributed by atoms with van der Waals surface area (Å²) in [6.07, 6.45) is 0. The average molecular weight is 286 g/mol. The number of thiophene rings is 1. The van der Waals surface area contributed by atoms with Gasteiger partial charge in [0.25, 0.3) is 0 Å². The number of halogens is 1. The maximum absolute atomic E-state index is 5.99. The molecule has 0 amide bonds. The molecule has 3 rings (SSSR count). The van der Waals surface area contributed by atoms with Crippen molar-refractivity contribution in [1.29, 1.82) is 0 Å². The van der Waals surface area contributed by atoms with E-state index in [1.54, 1.807) is 11.3 Å². The van der Waals surface area contributed by atoms with Gasteiger partial charge in [-0.1, -0.05) is 0 Å². The quantitative estimate of drug-likeness (QED) is 0.829. The first-order valence-electron chi connectivity index (χ1n) is 5.73. The number of hydrogen-bond donors (Lipinski definition) is 2. The smallest absolute Gasteiger partial charge is 0.228 e. The van der Waals surface area contributed by atoms with Gasteiger partial charge in [-0.3, -0.25) is 0 Å². The zero-order valence-electron chi connectivity index (χ0n) is 10.1. The summed E-state index contributed by atoms with van der Waals surface area (Å²) in [7, 11) is 0. The number of aryl methyl sites for hydroxylation is 1. The number of nitrogens with one attached hydrogen (secondary N) is 1. The van der Waals surface area contributed by atoms with E-state index in [1.165, 1.54) is 4.88 Å². The lowest BCUT2D eigenvalue weighted by Crippen LogP contribution is -2.44. The Morgan fingerprint density at radius 1 is 1.33 bits per heavy atom. The van der Waals surface area contributed by atoms with Crippen LogP contribution in [0.3, 0.4) is 0 Å². The molecule has 1 saturated heterocycles. The van der Waals surface area contributed by atoms with Crippen LogP contribution in [0.15, 0.2) is 6.07 Å². The van der Waals surface area contributed by atoms with Gasteiger partial charge in [-0.05, 0) is 13.0 Å². The van der Waals surface area contributed by atoms with Crippen LogP contribution in [-0.4, -0.2) is 36.1 Å². The predicted molar refractivity (Wildman–Crippen MR) is 78.9 cm³/mol. The van der Waals surface area contributed by atoms with E-state index in [2.05, 4.69) is 33.2 Å². The van der Waals surface area contributed by atoms with E-state index < -0.39 is 0 Å². The van der Waals surface area contributed by atoms with Gasteiger partial charge < -0.3 is 16.0 Å². The minimum Gasteiger partial charge on any atom is -0.383 e. The number of nitrogens with zero attached hydrogens (tertiary/aromatic N) is 3. The molecular weight excluding hydrogens is 270 g/mol. The van der Waals surface area contributed by atoms with E-state index in [0.29, 0.717) is 5.82 Å². The van der Waals surface area contributed by atoms with Crippen molar-refractivity contribution in [3.63, 3.8) is 0 Å². The minimum absolute atomic E-state index is 0. The number of piperazine rings is 1. The molecule has 5 nitrogen and oxygen atoms in total. The molecule has 3 N–H and O–H groups in total. The third-order valence-corrected chi connectivity index (χ3v) is 3.88. The molecule has 2 aromatic rings.